The van der Waals surface area contributed by atoms with Crippen LogP contribution in [0.4, 0.5) is 0 Å². The lowest BCUT2D eigenvalue weighted by Gasteiger charge is -2.11. The van der Waals surface area contributed by atoms with Crippen LogP contribution in [0.1, 0.15) is 53.3 Å². The van der Waals surface area contributed by atoms with Crippen molar-refractivity contribution in [2.75, 3.05) is 0 Å². The minimum absolute atomic E-state index is 0.458. The van der Waals surface area contributed by atoms with Crippen LogP contribution in [0.25, 0.3) is 0 Å². The Morgan fingerprint density at radius 1 is 1.47 bits per heavy atom. The molecule has 1 aromatic rings. The molecule has 1 aliphatic carbocycles. The van der Waals surface area contributed by atoms with Crippen molar-refractivity contribution >= 4 is 5.97 Å². The van der Waals surface area contributed by atoms with Crippen LogP contribution in [0, 0.1) is 6.92 Å². The van der Waals surface area contributed by atoms with E-state index in [9.17, 15) is 4.79 Å². The van der Waals surface area contributed by atoms with E-state index in [0.29, 0.717) is 11.5 Å². The highest BCUT2D eigenvalue weighted by molar-refractivity contribution is 5.89. The van der Waals surface area contributed by atoms with E-state index in [4.69, 9.17) is 5.11 Å². The molecule has 1 N–H and O–H groups in total. The molecule has 0 radical (unpaired) electrons. The highest BCUT2D eigenvalue weighted by Crippen LogP contribution is 2.35. The predicted octanol–water partition coefficient (Wildman–Crippen LogP) is 2.69. The van der Waals surface area contributed by atoms with Crippen molar-refractivity contribution in [3.05, 3.63) is 23.0 Å². The van der Waals surface area contributed by atoms with Crippen molar-refractivity contribution in [3.8, 4) is 0 Å². The first-order valence-electron chi connectivity index (χ1n) is 5.50. The highest BCUT2D eigenvalue weighted by Gasteiger charge is 2.23. The van der Waals surface area contributed by atoms with Crippen molar-refractivity contribution in [2.45, 2.75) is 38.5 Å². The number of carbonyl (C=O) groups is 1. The number of rotatable bonds is 2. The second-order valence-electron chi connectivity index (χ2n) is 4.41. The summed E-state index contributed by atoms with van der Waals surface area (Å²) < 4.78 is 2.04. The molecule has 0 bridgehead atoms. The molecule has 2 rings (SSSR count). The number of carboxylic acid groups (broad SMARTS) is 1. The molecule has 3 heteroatoms. The van der Waals surface area contributed by atoms with Gasteiger partial charge in [-0.1, -0.05) is 12.8 Å². The minimum Gasteiger partial charge on any atom is -0.478 e. The van der Waals surface area contributed by atoms with Gasteiger partial charge in [0.15, 0.2) is 0 Å². The number of aromatic carboxylic acids is 1. The van der Waals surface area contributed by atoms with E-state index in [1.165, 1.54) is 31.4 Å². The molecular formula is C12H17NO2. The first kappa shape index (κ1) is 10.3. The maximum atomic E-state index is 11.0. The molecule has 1 fully saturated rings. The Morgan fingerprint density at radius 2 is 2.07 bits per heavy atom. The summed E-state index contributed by atoms with van der Waals surface area (Å²) in [6.45, 7) is 1.88. The number of aromatic nitrogens is 1. The van der Waals surface area contributed by atoms with E-state index in [1.54, 1.807) is 0 Å². The first-order chi connectivity index (χ1) is 7.11. The summed E-state index contributed by atoms with van der Waals surface area (Å²) >= 11 is 0. The average Bonchev–Trinajstić information content (AvgIpc) is 2.77. The smallest absolute Gasteiger partial charge is 0.337 e. The first-order valence-corrected chi connectivity index (χ1v) is 5.50. The Hall–Kier alpha value is -1.25. The van der Waals surface area contributed by atoms with Crippen molar-refractivity contribution in [2.24, 2.45) is 7.05 Å². The molecule has 0 aromatic carbocycles. The lowest BCUT2D eigenvalue weighted by atomic mass is 10.0. The fourth-order valence-electron chi connectivity index (χ4n) is 2.55. The molecule has 0 unspecified atom stereocenters. The summed E-state index contributed by atoms with van der Waals surface area (Å²) in [7, 11) is 1.97. The van der Waals surface area contributed by atoms with E-state index < -0.39 is 5.97 Å². The van der Waals surface area contributed by atoms with Gasteiger partial charge in [-0.05, 0) is 31.7 Å². The second kappa shape index (κ2) is 3.72. The van der Waals surface area contributed by atoms with Gasteiger partial charge < -0.3 is 9.67 Å². The van der Waals surface area contributed by atoms with Crippen LogP contribution in [-0.4, -0.2) is 15.6 Å². The predicted molar refractivity (Wildman–Crippen MR) is 58.3 cm³/mol. The van der Waals surface area contributed by atoms with Gasteiger partial charge in [0, 0.05) is 18.4 Å². The van der Waals surface area contributed by atoms with Crippen molar-refractivity contribution in [3.63, 3.8) is 0 Å². The third kappa shape index (κ3) is 1.66. The molecule has 0 amide bonds. The lowest BCUT2D eigenvalue weighted by Crippen LogP contribution is -2.03. The summed E-state index contributed by atoms with van der Waals surface area (Å²) in [6, 6.07) is 1.85. The number of carboxylic acids is 1. The number of nitrogens with zero attached hydrogens (tertiary/aromatic N) is 1. The van der Waals surface area contributed by atoms with Crippen LogP contribution < -0.4 is 0 Å². The maximum absolute atomic E-state index is 11.0. The van der Waals surface area contributed by atoms with E-state index in [2.05, 4.69) is 0 Å². The molecule has 0 aliphatic heterocycles. The van der Waals surface area contributed by atoms with Gasteiger partial charge in [-0.2, -0.15) is 0 Å². The van der Waals surface area contributed by atoms with Gasteiger partial charge in [0.1, 0.15) is 0 Å². The molecule has 1 heterocycles. The topological polar surface area (TPSA) is 42.2 Å². The molecule has 0 saturated heterocycles. The monoisotopic (exact) mass is 207 g/mol. The summed E-state index contributed by atoms with van der Waals surface area (Å²) in [5.74, 6) is -0.242. The molecule has 1 saturated carbocycles. The molecule has 1 aromatic heterocycles. The van der Waals surface area contributed by atoms with Crippen LogP contribution in [0.5, 0.6) is 0 Å². The van der Waals surface area contributed by atoms with E-state index in [0.717, 1.165) is 5.69 Å². The van der Waals surface area contributed by atoms with Crippen LogP contribution in [0.2, 0.25) is 0 Å². The number of hydrogen-bond donors (Lipinski definition) is 1. The van der Waals surface area contributed by atoms with Crippen LogP contribution in [0.3, 0.4) is 0 Å². The van der Waals surface area contributed by atoms with Gasteiger partial charge in [-0.3, -0.25) is 0 Å². The van der Waals surface area contributed by atoms with Gasteiger partial charge in [0.25, 0.3) is 0 Å². The molecule has 0 spiro atoms. The zero-order valence-corrected chi connectivity index (χ0v) is 9.29. The van der Waals surface area contributed by atoms with Crippen molar-refractivity contribution in [1.29, 1.82) is 0 Å². The fraction of sp³-hybridized carbons (Fsp3) is 0.583. The Kier molecular flexibility index (Phi) is 2.55. The lowest BCUT2D eigenvalue weighted by molar-refractivity contribution is 0.0696. The van der Waals surface area contributed by atoms with Crippen molar-refractivity contribution in [1.82, 2.24) is 4.57 Å². The van der Waals surface area contributed by atoms with Gasteiger partial charge >= 0.3 is 5.97 Å². The standard InChI is InChI=1S/C12H17NO2/c1-8-10(12(14)15)7-11(13(8)2)9-5-3-4-6-9/h7,9H,3-6H2,1-2H3,(H,14,15). The maximum Gasteiger partial charge on any atom is 0.337 e. The normalized spacial score (nSPS) is 17.2. The minimum atomic E-state index is -0.813. The zero-order chi connectivity index (χ0) is 11.0. The largest absolute Gasteiger partial charge is 0.478 e. The second-order valence-corrected chi connectivity index (χ2v) is 4.41. The third-order valence-electron chi connectivity index (χ3n) is 3.58. The fourth-order valence-corrected chi connectivity index (χ4v) is 2.55. The van der Waals surface area contributed by atoms with Crippen molar-refractivity contribution < 1.29 is 9.90 Å². The summed E-state index contributed by atoms with van der Waals surface area (Å²) in [4.78, 5) is 11.0. The third-order valence-corrected chi connectivity index (χ3v) is 3.58. The van der Waals surface area contributed by atoms with Gasteiger partial charge in [0.2, 0.25) is 0 Å². The highest BCUT2D eigenvalue weighted by atomic mass is 16.4. The molecule has 15 heavy (non-hydrogen) atoms. The SMILES string of the molecule is Cc1c(C(=O)O)cc(C2CCCC2)n1C. The van der Waals surface area contributed by atoms with E-state index in [-0.39, 0.29) is 0 Å². The number of hydrogen-bond acceptors (Lipinski definition) is 1. The Balaban J connectivity index is 2.39. The van der Waals surface area contributed by atoms with E-state index >= 15 is 0 Å². The zero-order valence-electron chi connectivity index (χ0n) is 9.29. The average molecular weight is 207 g/mol. The van der Waals surface area contributed by atoms with Gasteiger partial charge in [-0.25, -0.2) is 4.79 Å². The molecule has 0 atom stereocenters. The van der Waals surface area contributed by atoms with Gasteiger partial charge in [0.05, 0.1) is 5.56 Å². The Bertz CT molecular complexity index is 387. The quantitative estimate of drug-likeness (QED) is 0.810. The summed E-state index contributed by atoms with van der Waals surface area (Å²) in [5.41, 5.74) is 2.52. The van der Waals surface area contributed by atoms with Crippen LogP contribution in [0.15, 0.2) is 6.07 Å². The van der Waals surface area contributed by atoms with Crippen LogP contribution in [-0.2, 0) is 7.05 Å². The summed E-state index contributed by atoms with van der Waals surface area (Å²) in [6.07, 6.45) is 4.96. The molecule has 1 aliphatic rings. The molecule has 3 nitrogen and oxygen atoms in total. The van der Waals surface area contributed by atoms with E-state index in [1.807, 2.05) is 24.6 Å². The summed E-state index contributed by atoms with van der Waals surface area (Å²) in [5, 5.41) is 9.03. The molecule has 82 valence electrons. The Morgan fingerprint density at radius 3 is 2.53 bits per heavy atom. The van der Waals surface area contributed by atoms with Crippen LogP contribution >= 0.6 is 0 Å². The molecular weight excluding hydrogens is 190 g/mol. The van der Waals surface area contributed by atoms with Gasteiger partial charge in [-0.15, -0.1) is 0 Å². The Labute approximate surface area is 89.7 Å².